The van der Waals surface area contributed by atoms with Gasteiger partial charge in [0, 0.05) is 18.5 Å². The van der Waals surface area contributed by atoms with Gasteiger partial charge < -0.3 is 5.11 Å². The molecule has 17 heavy (non-hydrogen) atoms. The number of piperidine rings is 1. The highest BCUT2D eigenvalue weighted by Gasteiger charge is 2.40. The van der Waals surface area contributed by atoms with E-state index in [0.29, 0.717) is 13.0 Å². The predicted molar refractivity (Wildman–Crippen MR) is 67.0 cm³/mol. The van der Waals surface area contributed by atoms with Gasteiger partial charge >= 0.3 is 5.97 Å². The number of hydrogen-bond donors (Lipinski definition) is 1. The zero-order chi connectivity index (χ0) is 12.3. The van der Waals surface area contributed by atoms with Crippen molar-refractivity contribution in [3.05, 3.63) is 16.6 Å². The van der Waals surface area contributed by atoms with Crippen molar-refractivity contribution in [2.75, 3.05) is 13.1 Å². The minimum atomic E-state index is -0.650. The summed E-state index contributed by atoms with van der Waals surface area (Å²) >= 11 is 1.59. The fraction of sp³-hybridized carbons (Fsp3) is 0.667. The second-order valence-corrected chi connectivity index (χ2v) is 5.45. The third-order valence-corrected chi connectivity index (χ3v) is 4.29. The molecular weight excluding hydrogens is 236 g/mol. The highest BCUT2D eigenvalue weighted by Crippen LogP contribution is 2.34. The molecule has 1 saturated heterocycles. The van der Waals surface area contributed by atoms with E-state index in [9.17, 15) is 9.90 Å². The first kappa shape index (κ1) is 12.5. The molecule has 1 fully saturated rings. The summed E-state index contributed by atoms with van der Waals surface area (Å²) in [6, 6.07) is 0. The molecule has 2 heterocycles. The maximum Gasteiger partial charge on any atom is 0.310 e. The number of likely N-dealkylation sites (tertiary alicyclic amines) is 1. The molecular formula is C12H18N2O2S. The topological polar surface area (TPSA) is 53.4 Å². The van der Waals surface area contributed by atoms with E-state index in [1.807, 2.05) is 17.8 Å². The average molecular weight is 254 g/mol. The Morgan fingerprint density at radius 2 is 2.53 bits per heavy atom. The Balaban J connectivity index is 2.03. The molecule has 1 atom stereocenters. The third kappa shape index (κ3) is 2.66. The van der Waals surface area contributed by atoms with Gasteiger partial charge in [0.05, 0.1) is 16.6 Å². The maximum absolute atomic E-state index is 11.4. The molecule has 1 N–H and O–H groups in total. The van der Waals surface area contributed by atoms with Gasteiger partial charge in [0.25, 0.3) is 0 Å². The molecule has 1 aliphatic rings. The summed E-state index contributed by atoms with van der Waals surface area (Å²) in [5.74, 6) is -0.650. The van der Waals surface area contributed by atoms with Crippen molar-refractivity contribution in [2.45, 2.75) is 32.7 Å². The van der Waals surface area contributed by atoms with E-state index in [1.54, 1.807) is 11.3 Å². The minimum absolute atomic E-state index is 0.547. The molecule has 1 aromatic rings. The molecule has 94 valence electrons. The van der Waals surface area contributed by atoms with Gasteiger partial charge in [-0.15, -0.1) is 11.3 Å². The number of carbonyl (C=O) groups is 1. The van der Waals surface area contributed by atoms with Gasteiger partial charge in [-0.1, -0.05) is 6.92 Å². The van der Waals surface area contributed by atoms with E-state index in [0.717, 1.165) is 31.6 Å². The summed E-state index contributed by atoms with van der Waals surface area (Å²) in [6.07, 6.45) is 2.46. The van der Waals surface area contributed by atoms with Crippen LogP contribution in [0.2, 0.25) is 0 Å². The van der Waals surface area contributed by atoms with Crippen LogP contribution in [0.5, 0.6) is 0 Å². The largest absolute Gasteiger partial charge is 0.481 e. The fourth-order valence-electron chi connectivity index (χ4n) is 2.52. The van der Waals surface area contributed by atoms with Crippen molar-refractivity contribution in [1.82, 2.24) is 9.88 Å². The van der Waals surface area contributed by atoms with Crippen molar-refractivity contribution < 1.29 is 9.90 Å². The summed E-state index contributed by atoms with van der Waals surface area (Å²) in [5.41, 5.74) is 2.32. The standard InChI is InChI=1S/C12H18N2O2S/c1-2-12(11(15)16)4-3-5-14(8-12)6-10-7-17-9-13-10/h7,9H,2-6,8H2,1H3,(H,15,16). The second kappa shape index (κ2) is 5.14. The molecule has 1 aromatic heterocycles. The third-order valence-electron chi connectivity index (χ3n) is 3.66. The van der Waals surface area contributed by atoms with Gasteiger partial charge in [-0.05, 0) is 25.8 Å². The van der Waals surface area contributed by atoms with E-state index in [-0.39, 0.29) is 0 Å². The fourth-order valence-corrected chi connectivity index (χ4v) is 3.07. The van der Waals surface area contributed by atoms with Crippen LogP contribution in [0.1, 0.15) is 31.9 Å². The van der Waals surface area contributed by atoms with Crippen LogP contribution in [0.4, 0.5) is 0 Å². The SMILES string of the molecule is CCC1(C(=O)O)CCCN(Cc2cscn2)C1. The number of thiazole rings is 1. The Kier molecular flexibility index (Phi) is 3.79. The average Bonchev–Trinajstić information content (AvgIpc) is 2.82. The normalized spacial score (nSPS) is 25.9. The smallest absolute Gasteiger partial charge is 0.310 e. The number of nitrogens with zero attached hydrogens (tertiary/aromatic N) is 2. The van der Waals surface area contributed by atoms with Crippen molar-refractivity contribution in [3.63, 3.8) is 0 Å². The molecule has 0 radical (unpaired) electrons. The highest BCUT2D eigenvalue weighted by molar-refractivity contribution is 7.07. The molecule has 0 amide bonds. The van der Waals surface area contributed by atoms with E-state index in [4.69, 9.17) is 0 Å². The van der Waals surface area contributed by atoms with Crippen LogP contribution in [0.15, 0.2) is 10.9 Å². The monoisotopic (exact) mass is 254 g/mol. The van der Waals surface area contributed by atoms with Gasteiger partial charge in [-0.25, -0.2) is 4.98 Å². The first-order valence-corrected chi connectivity index (χ1v) is 6.93. The quantitative estimate of drug-likeness (QED) is 0.895. The Morgan fingerprint density at radius 3 is 3.12 bits per heavy atom. The molecule has 0 aromatic carbocycles. The second-order valence-electron chi connectivity index (χ2n) is 4.73. The van der Waals surface area contributed by atoms with E-state index in [2.05, 4.69) is 9.88 Å². The van der Waals surface area contributed by atoms with Crippen LogP contribution in [0, 0.1) is 5.41 Å². The lowest BCUT2D eigenvalue weighted by Gasteiger charge is -2.39. The van der Waals surface area contributed by atoms with Crippen molar-refractivity contribution in [1.29, 1.82) is 0 Å². The summed E-state index contributed by atoms with van der Waals surface area (Å²) < 4.78 is 0. The molecule has 0 bridgehead atoms. The first-order chi connectivity index (χ1) is 8.16. The van der Waals surface area contributed by atoms with Crippen LogP contribution < -0.4 is 0 Å². The van der Waals surface area contributed by atoms with Gasteiger partial charge in [-0.2, -0.15) is 0 Å². The van der Waals surface area contributed by atoms with Gasteiger partial charge in [-0.3, -0.25) is 9.69 Å². The van der Waals surface area contributed by atoms with E-state index in [1.165, 1.54) is 0 Å². The molecule has 1 aliphatic heterocycles. The van der Waals surface area contributed by atoms with Gasteiger partial charge in [0.15, 0.2) is 0 Å². The van der Waals surface area contributed by atoms with Crippen LogP contribution in [0.25, 0.3) is 0 Å². The van der Waals surface area contributed by atoms with Gasteiger partial charge in [0.1, 0.15) is 0 Å². The van der Waals surface area contributed by atoms with E-state index >= 15 is 0 Å². The highest BCUT2D eigenvalue weighted by atomic mass is 32.1. The lowest BCUT2D eigenvalue weighted by Crippen LogP contribution is -2.47. The number of aromatic nitrogens is 1. The Hall–Kier alpha value is -0.940. The molecule has 0 saturated carbocycles. The number of carboxylic acid groups (broad SMARTS) is 1. The zero-order valence-electron chi connectivity index (χ0n) is 10.1. The molecule has 5 heteroatoms. The van der Waals surface area contributed by atoms with Crippen molar-refractivity contribution in [2.24, 2.45) is 5.41 Å². The van der Waals surface area contributed by atoms with Crippen molar-refractivity contribution in [3.8, 4) is 0 Å². The Labute approximate surface area is 105 Å². The summed E-state index contributed by atoms with van der Waals surface area (Å²) in [5, 5.41) is 11.4. The Bertz CT molecular complexity index is 380. The molecule has 0 spiro atoms. The van der Waals surface area contributed by atoms with Crippen LogP contribution in [-0.4, -0.2) is 34.0 Å². The number of hydrogen-bond acceptors (Lipinski definition) is 4. The summed E-state index contributed by atoms with van der Waals surface area (Å²) in [6.45, 7) is 4.38. The number of aliphatic carboxylic acids is 1. The summed E-state index contributed by atoms with van der Waals surface area (Å²) in [7, 11) is 0. The maximum atomic E-state index is 11.4. The predicted octanol–water partition coefficient (Wildman–Crippen LogP) is 2.22. The molecule has 0 aliphatic carbocycles. The van der Waals surface area contributed by atoms with Crippen LogP contribution in [0.3, 0.4) is 0 Å². The van der Waals surface area contributed by atoms with Gasteiger partial charge in [0.2, 0.25) is 0 Å². The number of carboxylic acids is 1. The Morgan fingerprint density at radius 1 is 1.71 bits per heavy atom. The lowest BCUT2D eigenvalue weighted by molar-refractivity contribution is -0.153. The van der Waals surface area contributed by atoms with E-state index < -0.39 is 11.4 Å². The first-order valence-electron chi connectivity index (χ1n) is 5.99. The minimum Gasteiger partial charge on any atom is -0.481 e. The zero-order valence-corrected chi connectivity index (χ0v) is 10.9. The molecule has 4 nitrogen and oxygen atoms in total. The summed E-state index contributed by atoms with van der Waals surface area (Å²) in [4.78, 5) is 17.9. The van der Waals surface area contributed by atoms with Crippen LogP contribution in [-0.2, 0) is 11.3 Å². The molecule has 2 rings (SSSR count). The molecule has 1 unspecified atom stereocenters. The van der Waals surface area contributed by atoms with Crippen LogP contribution >= 0.6 is 11.3 Å². The lowest BCUT2D eigenvalue weighted by atomic mass is 9.77. The van der Waals surface area contributed by atoms with Crippen molar-refractivity contribution >= 4 is 17.3 Å². The number of rotatable bonds is 4.